The van der Waals surface area contributed by atoms with Crippen LogP contribution in [0.1, 0.15) is 11.1 Å². The Bertz CT molecular complexity index is 1170. The van der Waals surface area contributed by atoms with Gasteiger partial charge in [-0.05, 0) is 60.4 Å². The maximum absolute atomic E-state index is 9.64. The number of hydrogen-bond acceptors (Lipinski definition) is 6. The fourth-order valence-corrected chi connectivity index (χ4v) is 7.71. The summed E-state index contributed by atoms with van der Waals surface area (Å²) in [6, 6.07) is 29.9. The Kier molecular flexibility index (Phi) is 8.84. The van der Waals surface area contributed by atoms with Crippen molar-refractivity contribution < 1.29 is 28.5 Å². The van der Waals surface area contributed by atoms with Gasteiger partial charge in [0.15, 0.2) is 0 Å². The average Bonchev–Trinajstić information content (AvgIpc) is 2.94. The summed E-state index contributed by atoms with van der Waals surface area (Å²) in [5.74, 6) is 1.84. The fraction of sp³-hybridized carbons (Fsp3) is 0.200. The van der Waals surface area contributed by atoms with Crippen molar-refractivity contribution in [3.63, 3.8) is 0 Å². The summed E-state index contributed by atoms with van der Waals surface area (Å²) in [5, 5.41) is 21.0. The van der Waals surface area contributed by atoms with Gasteiger partial charge in [-0.1, -0.05) is 60.7 Å². The summed E-state index contributed by atoms with van der Waals surface area (Å²) in [7, 11) is -0.0652. The van der Waals surface area contributed by atoms with Crippen LogP contribution in [0.4, 0.5) is 0 Å². The molecule has 4 aromatic rings. The molecule has 0 spiro atoms. The zero-order chi connectivity index (χ0) is 26.1. The van der Waals surface area contributed by atoms with E-state index in [0.29, 0.717) is 37.6 Å². The van der Waals surface area contributed by atoms with Crippen LogP contribution in [0.2, 0.25) is 0 Å². The van der Waals surface area contributed by atoms with Gasteiger partial charge in [-0.2, -0.15) is 0 Å². The highest BCUT2D eigenvalue weighted by molar-refractivity contribution is 6.93. The Labute approximate surface area is 218 Å². The number of phenolic OH excluding ortho intramolecular Hbond substituents is 2. The maximum Gasteiger partial charge on any atom is 0.414 e. The summed E-state index contributed by atoms with van der Waals surface area (Å²) in [6.07, 6.45) is 1.28. The van der Waals surface area contributed by atoms with Crippen molar-refractivity contribution in [1.82, 2.24) is 0 Å². The van der Waals surface area contributed by atoms with E-state index >= 15 is 0 Å². The molecule has 0 aromatic heterocycles. The predicted octanol–water partition coefficient (Wildman–Crippen LogP) is 4.19. The molecule has 0 saturated heterocycles. The summed E-state index contributed by atoms with van der Waals surface area (Å²) < 4.78 is 25.2. The first-order valence-electron chi connectivity index (χ1n) is 12.2. The van der Waals surface area contributed by atoms with Gasteiger partial charge in [-0.15, -0.1) is 0 Å². The molecule has 0 aliphatic rings. The highest BCUT2D eigenvalue weighted by Crippen LogP contribution is 2.23. The van der Waals surface area contributed by atoms with Crippen molar-refractivity contribution in [3.05, 3.63) is 108 Å². The first-order valence-corrected chi connectivity index (χ1v) is 14.0. The molecule has 0 heterocycles. The summed E-state index contributed by atoms with van der Waals surface area (Å²) in [6.45, 7) is 0.790. The van der Waals surface area contributed by atoms with Crippen LogP contribution in [0.3, 0.4) is 0 Å². The molecular formula is C30H32O6Si. The van der Waals surface area contributed by atoms with Gasteiger partial charge in [0.25, 0.3) is 0 Å². The number of ether oxygens (including phenoxy) is 2. The van der Waals surface area contributed by atoms with Crippen molar-refractivity contribution in [2.75, 3.05) is 27.4 Å². The number of para-hydroxylation sites is 2. The number of rotatable bonds is 12. The molecular weight excluding hydrogens is 484 g/mol. The molecule has 2 N–H and O–H groups in total. The first kappa shape index (κ1) is 26.3. The van der Waals surface area contributed by atoms with Gasteiger partial charge in [0.2, 0.25) is 0 Å². The zero-order valence-corrected chi connectivity index (χ0v) is 22.1. The molecule has 0 aliphatic carbocycles. The molecule has 37 heavy (non-hydrogen) atoms. The van der Waals surface area contributed by atoms with E-state index in [-0.39, 0.29) is 11.5 Å². The number of phenols is 2. The van der Waals surface area contributed by atoms with Crippen LogP contribution in [0.5, 0.6) is 23.0 Å². The van der Waals surface area contributed by atoms with Crippen molar-refractivity contribution in [1.29, 1.82) is 0 Å². The largest absolute Gasteiger partial charge is 0.508 e. The van der Waals surface area contributed by atoms with E-state index in [0.717, 1.165) is 21.5 Å². The van der Waals surface area contributed by atoms with Gasteiger partial charge >= 0.3 is 8.56 Å². The van der Waals surface area contributed by atoms with Gasteiger partial charge in [0, 0.05) is 23.6 Å². The van der Waals surface area contributed by atoms with Crippen LogP contribution < -0.4 is 19.8 Å². The van der Waals surface area contributed by atoms with Gasteiger partial charge in [-0.3, -0.25) is 0 Å². The van der Waals surface area contributed by atoms with Crippen LogP contribution in [0.15, 0.2) is 97.1 Å². The summed E-state index contributed by atoms with van der Waals surface area (Å²) >= 11 is 0. The molecule has 0 saturated carbocycles. The second-order valence-corrected chi connectivity index (χ2v) is 11.4. The molecule has 4 rings (SSSR count). The molecule has 0 unspecified atom stereocenters. The minimum atomic E-state index is -3.36. The molecule has 0 bridgehead atoms. The highest BCUT2D eigenvalue weighted by Gasteiger charge is 2.47. The third kappa shape index (κ3) is 6.32. The summed E-state index contributed by atoms with van der Waals surface area (Å²) in [5.41, 5.74) is 2.09. The third-order valence-electron chi connectivity index (χ3n) is 6.19. The quantitative estimate of drug-likeness (QED) is 0.275. The predicted molar refractivity (Wildman–Crippen MR) is 147 cm³/mol. The molecule has 7 heteroatoms. The lowest BCUT2D eigenvalue weighted by Gasteiger charge is -2.33. The molecule has 6 nitrogen and oxygen atoms in total. The number of benzene rings is 4. The normalized spacial score (nSPS) is 11.3. The van der Waals surface area contributed by atoms with E-state index < -0.39 is 8.56 Å². The highest BCUT2D eigenvalue weighted by atomic mass is 28.4. The molecule has 0 amide bonds. The SMILES string of the molecule is COc1ccccc1[Si](OCCc1ccc(O)cc1)(OCCc1ccc(O)cc1)c1ccccc1OC. The Hall–Kier alpha value is -3.78. The van der Waals surface area contributed by atoms with E-state index in [1.165, 1.54) is 0 Å². The van der Waals surface area contributed by atoms with E-state index in [9.17, 15) is 10.2 Å². The van der Waals surface area contributed by atoms with E-state index in [1.807, 2.05) is 72.8 Å². The smallest absolute Gasteiger partial charge is 0.414 e. The molecule has 0 fully saturated rings. The van der Waals surface area contributed by atoms with Gasteiger partial charge < -0.3 is 28.5 Å². The Morgan fingerprint density at radius 2 is 0.919 bits per heavy atom. The first-order chi connectivity index (χ1) is 18.1. The minimum Gasteiger partial charge on any atom is -0.508 e. The monoisotopic (exact) mass is 516 g/mol. The average molecular weight is 517 g/mol. The van der Waals surface area contributed by atoms with Gasteiger partial charge in [-0.25, -0.2) is 0 Å². The fourth-order valence-electron chi connectivity index (χ4n) is 4.28. The van der Waals surface area contributed by atoms with Crippen LogP contribution in [-0.2, 0) is 21.7 Å². The van der Waals surface area contributed by atoms with Crippen LogP contribution in [0, 0.1) is 0 Å². The van der Waals surface area contributed by atoms with Crippen molar-refractivity contribution in [2.24, 2.45) is 0 Å². The lowest BCUT2D eigenvalue weighted by molar-refractivity contribution is 0.193. The maximum atomic E-state index is 9.64. The van der Waals surface area contributed by atoms with Crippen LogP contribution >= 0.6 is 0 Å². The molecule has 0 aliphatic heterocycles. The Balaban J connectivity index is 1.73. The van der Waals surface area contributed by atoms with Crippen LogP contribution in [-0.4, -0.2) is 46.2 Å². The Morgan fingerprint density at radius 3 is 1.30 bits per heavy atom. The van der Waals surface area contributed by atoms with Crippen molar-refractivity contribution in [3.8, 4) is 23.0 Å². The topological polar surface area (TPSA) is 77.4 Å². The molecule has 0 atom stereocenters. The minimum absolute atomic E-state index is 0.231. The lowest BCUT2D eigenvalue weighted by Crippen LogP contribution is -2.64. The van der Waals surface area contributed by atoms with E-state index in [4.69, 9.17) is 18.3 Å². The third-order valence-corrected chi connectivity index (χ3v) is 9.65. The molecule has 192 valence electrons. The summed E-state index contributed by atoms with van der Waals surface area (Å²) in [4.78, 5) is 0. The van der Waals surface area contributed by atoms with Gasteiger partial charge in [0.1, 0.15) is 23.0 Å². The standard InChI is InChI=1S/C30H32O6Si/c1-33-27-7-3-5-9-29(27)37(30-10-6-4-8-28(30)34-2,35-21-19-23-11-15-25(31)16-12-23)36-22-20-24-13-17-26(32)18-14-24/h3-18,31-32H,19-22H2,1-2H3. The second kappa shape index (κ2) is 12.4. The second-order valence-electron chi connectivity index (χ2n) is 8.55. The molecule has 0 radical (unpaired) electrons. The zero-order valence-electron chi connectivity index (χ0n) is 21.1. The van der Waals surface area contributed by atoms with Crippen molar-refractivity contribution in [2.45, 2.75) is 12.8 Å². The van der Waals surface area contributed by atoms with Gasteiger partial charge in [0.05, 0.1) is 14.2 Å². The Morgan fingerprint density at radius 1 is 0.541 bits per heavy atom. The van der Waals surface area contributed by atoms with Crippen molar-refractivity contribution >= 4 is 18.9 Å². The number of methoxy groups -OCH3 is 2. The van der Waals surface area contributed by atoms with Crippen LogP contribution in [0.25, 0.3) is 0 Å². The van der Waals surface area contributed by atoms with E-state index in [1.54, 1.807) is 38.5 Å². The number of hydrogen-bond donors (Lipinski definition) is 2. The number of aromatic hydroxyl groups is 2. The lowest BCUT2D eigenvalue weighted by atomic mass is 10.2. The molecule has 4 aromatic carbocycles. The van der Waals surface area contributed by atoms with E-state index in [2.05, 4.69) is 0 Å².